The fraction of sp³-hybridized carbons (Fsp3) is 1.00. The summed E-state index contributed by atoms with van der Waals surface area (Å²) in [7, 11) is 0. The lowest BCUT2D eigenvalue weighted by atomic mass is 9.96. The molecule has 0 heterocycles. The van der Waals surface area contributed by atoms with Gasteiger partial charge < -0.3 is 0 Å². The molecular formula is C10H21F. The Kier molecular flexibility index (Phi) is 4.71. The van der Waals surface area contributed by atoms with Gasteiger partial charge in [-0.25, -0.2) is 0 Å². The minimum Gasteiger partial charge on any atom is -0.250 e. The average molecular weight is 160 g/mol. The predicted octanol–water partition coefficient (Wildman–Crippen LogP) is 3.81. The molecule has 0 spiro atoms. The summed E-state index contributed by atoms with van der Waals surface area (Å²) in [6.07, 6.45) is 3.34. The SMILES string of the molecule is CC.CC(C)CC1(CF)CC1. The van der Waals surface area contributed by atoms with Gasteiger partial charge in [0.25, 0.3) is 0 Å². The van der Waals surface area contributed by atoms with Crippen molar-refractivity contribution in [2.24, 2.45) is 11.3 Å². The molecule has 0 bridgehead atoms. The van der Waals surface area contributed by atoms with E-state index in [2.05, 4.69) is 13.8 Å². The number of hydrogen-bond donors (Lipinski definition) is 0. The third kappa shape index (κ3) is 3.74. The Bertz CT molecular complexity index is 93.0. The molecule has 0 nitrogen and oxygen atoms in total. The van der Waals surface area contributed by atoms with E-state index in [0.717, 1.165) is 19.3 Å². The van der Waals surface area contributed by atoms with Crippen molar-refractivity contribution in [3.63, 3.8) is 0 Å². The second-order valence-electron chi connectivity index (χ2n) is 3.73. The van der Waals surface area contributed by atoms with Crippen molar-refractivity contribution >= 4 is 0 Å². The Morgan fingerprint density at radius 3 is 1.82 bits per heavy atom. The molecule has 0 aromatic rings. The number of alkyl halides is 1. The van der Waals surface area contributed by atoms with Crippen LogP contribution in [0.2, 0.25) is 0 Å². The van der Waals surface area contributed by atoms with E-state index in [-0.39, 0.29) is 12.1 Å². The van der Waals surface area contributed by atoms with Crippen molar-refractivity contribution in [3.05, 3.63) is 0 Å². The Morgan fingerprint density at radius 2 is 1.73 bits per heavy atom. The largest absolute Gasteiger partial charge is 0.250 e. The van der Waals surface area contributed by atoms with Gasteiger partial charge in [0.05, 0.1) is 6.67 Å². The van der Waals surface area contributed by atoms with E-state index in [4.69, 9.17) is 0 Å². The number of rotatable bonds is 3. The zero-order chi connectivity index (χ0) is 8.91. The highest BCUT2D eigenvalue weighted by molar-refractivity contribution is 4.92. The van der Waals surface area contributed by atoms with E-state index in [1.807, 2.05) is 13.8 Å². The monoisotopic (exact) mass is 160 g/mol. The summed E-state index contributed by atoms with van der Waals surface area (Å²) in [5, 5.41) is 0. The molecule has 1 aliphatic carbocycles. The van der Waals surface area contributed by atoms with Gasteiger partial charge in [-0.3, -0.25) is 4.39 Å². The van der Waals surface area contributed by atoms with Gasteiger partial charge in [0.2, 0.25) is 0 Å². The highest BCUT2D eigenvalue weighted by Gasteiger charge is 2.42. The van der Waals surface area contributed by atoms with Gasteiger partial charge in [-0.05, 0) is 30.6 Å². The van der Waals surface area contributed by atoms with Gasteiger partial charge in [0.15, 0.2) is 0 Å². The highest BCUT2D eigenvalue weighted by Crippen LogP contribution is 2.50. The standard InChI is InChI=1S/C8H15F.C2H6/c1-7(2)5-8(6-9)3-4-8;1-2/h7H,3-6H2,1-2H3;1-2H3. The Hall–Kier alpha value is -0.0700. The zero-order valence-corrected chi connectivity index (χ0v) is 8.28. The van der Waals surface area contributed by atoms with E-state index in [9.17, 15) is 4.39 Å². The van der Waals surface area contributed by atoms with E-state index in [1.165, 1.54) is 0 Å². The van der Waals surface area contributed by atoms with Crippen molar-refractivity contribution in [3.8, 4) is 0 Å². The van der Waals surface area contributed by atoms with E-state index >= 15 is 0 Å². The molecule has 0 aromatic heterocycles. The summed E-state index contributed by atoms with van der Waals surface area (Å²) in [5.41, 5.74) is 0.147. The van der Waals surface area contributed by atoms with Crippen LogP contribution >= 0.6 is 0 Å². The van der Waals surface area contributed by atoms with Gasteiger partial charge in [-0.15, -0.1) is 0 Å². The fourth-order valence-electron chi connectivity index (χ4n) is 1.44. The van der Waals surface area contributed by atoms with Crippen molar-refractivity contribution in [1.29, 1.82) is 0 Å². The quantitative estimate of drug-likeness (QED) is 0.589. The van der Waals surface area contributed by atoms with Crippen molar-refractivity contribution < 1.29 is 4.39 Å². The van der Waals surface area contributed by atoms with Gasteiger partial charge in [0.1, 0.15) is 0 Å². The van der Waals surface area contributed by atoms with Crippen LogP contribution in [0, 0.1) is 11.3 Å². The van der Waals surface area contributed by atoms with Crippen LogP contribution < -0.4 is 0 Å². The van der Waals surface area contributed by atoms with Crippen LogP contribution in [0.15, 0.2) is 0 Å². The molecule has 0 saturated heterocycles. The second-order valence-corrected chi connectivity index (χ2v) is 3.73. The van der Waals surface area contributed by atoms with Gasteiger partial charge >= 0.3 is 0 Å². The molecule has 0 aromatic carbocycles. The normalized spacial score (nSPS) is 19.1. The van der Waals surface area contributed by atoms with Crippen molar-refractivity contribution in [1.82, 2.24) is 0 Å². The third-order valence-corrected chi connectivity index (χ3v) is 2.08. The summed E-state index contributed by atoms with van der Waals surface area (Å²) in [6.45, 7) is 8.23. The van der Waals surface area contributed by atoms with Crippen LogP contribution in [0.3, 0.4) is 0 Å². The smallest absolute Gasteiger partial charge is 0.0950 e. The minimum absolute atomic E-state index is 0.0921. The molecule has 0 radical (unpaired) electrons. The van der Waals surface area contributed by atoms with E-state index in [1.54, 1.807) is 0 Å². The molecule has 0 N–H and O–H groups in total. The molecule has 1 rings (SSSR count). The first-order chi connectivity index (χ1) is 5.18. The summed E-state index contributed by atoms with van der Waals surface area (Å²) in [5.74, 6) is 0.670. The first kappa shape index (κ1) is 10.9. The lowest BCUT2D eigenvalue weighted by Crippen LogP contribution is -2.06. The Balaban J connectivity index is 0.000000461. The fourth-order valence-corrected chi connectivity index (χ4v) is 1.44. The Labute approximate surface area is 70.2 Å². The average Bonchev–Trinajstić information content (AvgIpc) is 2.73. The van der Waals surface area contributed by atoms with Crippen LogP contribution in [0.1, 0.15) is 47.0 Å². The van der Waals surface area contributed by atoms with Gasteiger partial charge in [0, 0.05) is 0 Å². The molecule has 0 unspecified atom stereocenters. The molecule has 11 heavy (non-hydrogen) atoms. The molecule has 68 valence electrons. The first-order valence-corrected chi connectivity index (χ1v) is 4.74. The highest BCUT2D eigenvalue weighted by atomic mass is 19.1. The molecule has 0 aliphatic heterocycles. The first-order valence-electron chi connectivity index (χ1n) is 4.74. The van der Waals surface area contributed by atoms with E-state index in [0.29, 0.717) is 5.92 Å². The van der Waals surface area contributed by atoms with Crippen molar-refractivity contribution in [2.75, 3.05) is 6.67 Å². The minimum atomic E-state index is -0.0921. The number of hydrogen-bond acceptors (Lipinski definition) is 0. The molecule has 1 heteroatoms. The topological polar surface area (TPSA) is 0 Å². The summed E-state index contributed by atoms with van der Waals surface area (Å²) in [6, 6.07) is 0. The summed E-state index contributed by atoms with van der Waals surface area (Å²) in [4.78, 5) is 0. The van der Waals surface area contributed by atoms with Crippen LogP contribution in [-0.4, -0.2) is 6.67 Å². The molecule has 0 atom stereocenters. The van der Waals surface area contributed by atoms with Crippen LogP contribution in [-0.2, 0) is 0 Å². The molecule has 1 aliphatic rings. The predicted molar refractivity (Wildman–Crippen MR) is 48.4 cm³/mol. The number of halogens is 1. The maximum Gasteiger partial charge on any atom is 0.0950 e. The van der Waals surface area contributed by atoms with Crippen LogP contribution in [0.4, 0.5) is 4.39 Å². The lowest BCUT2D eigenvalue weighted by molar-refractivity contribution is 0.292. The summed E-state index contributed by atoms with van der Waals surface area (Å²) >= 11 is 0. The van der Waals surface area contributed by atoms with Gasteiger partial charge in [-0.2, -0.15) is 0 Å². The molecular weight excluding hydrogens is 139 g/mol. The maximum atomic E-state index is 12.2. The maximum absolute atomic E-state index is 12.2. The molecule has 1 fully saturated rings. The Morgan fingerprint density at radius 1 is 1.27 bits per heavy atom. The lowest BCUT2D eigenvalue weighted by Gasteiger charge is -2.11. The zero-order valence-electron chi connectivity index (χ0n) is 8.28. The van der Waals surface area contributed by atoms with Crippen LogP contribution in [0.25, 0.3) is 0 Å². The van der Waals surface area contributed by atoms with Gasteiger partial charge in [-0.1, -0.05) is 27.7 Å². The van der Waals surface area contributed by atoms with Crippen LogP contribution in [0.5, 0.6) is 0 Å². The molecule has 0 amide bonds. The van der Waals surface area contributed by atoms with Crippen molar-refractivity contribution in [2.45, 2.75) is 47.0 Å². The molecule has 1 saturated carbocycles. The summed E-state index contributed by atoms with van der Waals surface area (Å²) < 4.78 is 12.2. The van der Waals surface area contributed by atoms with E-state index < -0.39 is 0 Å². The third-order valence-electron chi connectivity index (χ3n) is 2.08. The second kappa shape index (κ2) is 4.74.